The summed E-state index contributed by atoms with van der Waals surface area (Å²) in [6, 6.07) is 0.546. The lowest BCUT2D eigenvalue weighted by molar-refractivity contribution is 0.215. The van der Waals surface area contributed by atoms with Crippen molar-refractivity contribution < 1.29 is 0 Å². The van der Waals surface area contributed by atoms with Crippen LogP contribution in [0.2, 0.25) is 0 Å². The smallest absolute Gasteiger partial charge is 0.0534 e. The molecule has 0 spiro atoms. The van der Waals surface area contributed by atoms with Gasteiger partial charge in [-0.05, 0) is 25.8 Å². The highest BCUT2D eigenvalue weighted by atomic mass is 35.5. The van der Waals surface area contributed by atoms with E-state index in [1.165, 1.54) is 18.4 Å². The van der Waals surface area contributed by atoms with Crippen LogP contribution in [-0.2, 0) is 13.6 Å². The molecule has 0 aromatic carbocycles. The molecular weight excluding hydrogens is 259 g/mol. The van der Waals surface area contributed by atoms with E-state index in [0.717, 1.165) is 19.0 Å². The standard InChI is InChI=1S/C11H20N4.2ClH/c1-14(11(5-12)10-3-4-10)7-9-6-13-15(2)8-9;;/h6,8,10-11H,3-5,7,12H2,1-2H3;2*1H. The largest absolute Gasteiger partial charge is 0.329 e. The van der Waals surface area contributed by atoms with Crippen LogP contribution < -0.4 is 5.73 Å². The predicted octanol–water partition coefficient (Wildman–Crippen LogP) is 1.43. The summed E-state index contributed by atoms with van der Waals surface area (Å²) < 4.78 is 1.84. The molecule has 0 saturated heterocycles. The van der Waals surface area contributed by atoms with Gasteiger partial charge in [0.15, 0.2) is 0 Å². The Hall–Kier alpha value is -0.290. The number of hydrogen-bond acceptors (Lipinski definition) is 3. The first-order valence-electron chi connectivity index (χ1n) is 5.58. The van der Waals surface area contributed by atoms with Gasteiger partial charge in [0.05, 0.1) is 6.20 Å². The third-order valence-electron chi connectivity index (χ3n) is 3.16. The van der Waals surface area contributed by atoms with Crippen LogP contribution in [0, 0.1) is 5.92 Å². The molecule has 4 nitrogen and oxygen atoms in total. The molecule has 0 bridgehead atoms. The molecule has 17 heavy (non-hydrogen) atoms. The fourth-order valence-electron chi connectivity index (χ4n) is 2.17. The first kappa shape index (κ1) is 16.7. The summed E-state index contributed by atoms with van der Waals surface area (Å²) in [7, 11) is 4.10. The summed E-state index contributed by atoms with van der Waals surface area (Å²) in [6.07, 6.45) is 6.69. The monoisotopic (exact) mass is 280 g/mol. The zero-order chi connectivity index (χ0) is 10.8. The maximum absolute atomic E-state index is 5.81. The highest BCUT2D eigenvalue weighted by Crippen LogP contribution is 2.34. The highest BCUT2D eigenvalue weighted by Gasteiger charge is 2.32. The fraction of sp³-hybridized carbons (Fsp3) is 0.727. The van der Waals surface area contributed by atoms with Crippen LogP contribution >= 0.6 is 24.8 Å². The van der Waals surface area contributed by atoms with Crippen LogP contribution in [0.15, 0.2) is 12.4 Å². The molecular formula is C11H22Cl2N4. The first-order valence-corrected chi connectivity index (χ1v) is 5.58. The Labute approximate surface area is 115 Å². The van der Waals surface area contributed by atoms with Gasteiger partial charge in [-0.15, -0.1) is 24.8 Å². The molecule has 2 rings (SSSR count). The molecule has 0 radical (unpaired) electrons. The van der Waals surface area contributed by atoms with Crippen molar-refractivity contribution >= 4 is 24.8 Å². The highest BCUT2D eigenvalue weighted by molar-refractivity contribution is 5.85. The van der Waals surface area contributed by atoms with Gasteiger partial charge in [-0.3, -0.25) is 9.58 Å². The van der Waals surface area contributed by atoms with Gasteiger partial charge < -0.3 is 5.73 Å². The zero-order valence-corrected chi connectivity index (χ0v) is 12.0. The van der Waals surface area contributed by atoms with Gasteiger partial charge in [-0.25, -0.2) is 0 Å². The van der Waals surface area contributed by atoms with Crippen LogP contribution in [-0.4, -0.2) is 34.3 Å². The lowest BCUT2D eigenvalue weighted by atomic mass is 10.1. The third-order valence-corrected chi connectivity index (χ3v) is 3.16. The van der Waals surface area contributed by atoms with Crippen molar-refractivity contribution in [1.82, 2.24) is 14.7 Å². The van der Waals surface area contributed by atoms with Gasteiger partial charge in [0, 0.05) is 37.9 Å². The van der Waals surface area contributed by atoms with E-state index in [-0.39, 0.29) is 24.8 Å². The second kappa shape index (κ2) is 7.21. The van der Waals surface area contributed by atoms with E-state index in [9.17, 15) is 0 Å². The number of aromatic nitrogens is 2. The number of aryl methyl sites for hydroxylation is 1. The maximum atomic E-state index is 5.81. The van der Waals surface area contributed by atoms with Gasteiger partial charge in [-0.1, -0.05) is 0 Å². The van der Waals surface area contributed by atoms with Gasteiger partial charge in [0.2, 0.25) is 0 Å². The van der Waals surface area contributed by atoms with Crippen molar-refractivity contribution in [2.75, 3.05) is 13.6 Å². The SMILES string of the molecule is CN(Cc1cnn(C)c1)C(CN)C1CC1.Cl.Cl. The Balaban J connectivity index is 0.00000128. The summed E-state index contributed by atoms with van der Waals surface area (Å²) >= 11 is 0. The second-order valence-corrected chi connectivity index (χ2v) is 4.58. The minimum absolute atomic E-state index is 0. The number of hydrogen-bond donors (Lipinski definition) is 1. The average molecular weight is 281 g/mol. The number of rotatable bonds is 5. The molecule has 2 N–H and O–H groups in total. The van der Waals surface area contributed by atoms with Crippen molar-refractivity contribution in [2.45, 2.75) is 25.4 Å². The molecule has 100 valence electrons. The molecule has 1 aliphatic carbocycles. The lowest BCUT2D eigenvalue weighted by Crippen LogP contribution is -2.39. The molecule has 0 aliphatic heterocycles. The minimum Gasteiger partial charge on any atom is -0.329 e. The van der Waals surface area contributed by atoms with Crippen molar-refractivity contribution in [2.24, 2.45) is 18.7 Å². The summed E-state index contributed by atoms with van der Waals surface area (Å²) in [5.74, 6) is 0.830. The molecule has 1 fully saturated rings. The van der Waals surface area contributed by atoms with Crippen LogP contribution in [0.3, 0.4) is 0 Å². The Morgan fingerprint density at radius 1 is 1.53 bits per heavy atom. The number of halogens is 2. The topological polar surface area (TPSA) is 47.1 Å². The van der Waals surface area contributed by atoms with Gasteiger partial charge in [-0.2, -0.15) is 5.10 Å². The van der Waals surface area contributed by atoms with Crippen molar-refractivity contribution in [3.63, 3.8) is 0 Å². The Morgan fingerprint density at radius 3 is 2.59 bits per heavy atom. The normalized spacial score (nSPS) is 16.2. The molecule has 1 unspecified atom stereocenters. The average Bonchev–Trinajstić information content (AvgIpc) is 2.93. The van der Waals surface area contributed by atoms with E-state index < -0.39 is 0 Å². The van der Waals surface area contributed by atoms with Crippen molar-refractivity contribution in [3.05, 3.63) is 18.0 Å². The Kier molecular flexibility index (Phi) is 7.09. The van der Waals surface area contributed by atoms with E-state index in [0.29, 0.717) is 6.04 Å². The number of nitrogens with zero attached hydrogens (tertiary/aromatic N) is 3. The van der Waals surface area contributed by atoms with Gasteiger partial charge in [0.1, 0.15) is 0 Å². The van der Waals surface area contributed by atoms with E-state index in [1.54, 1.807) is 0 Å². The Morgan fingerprint density at radius 2 is 2.18 bits per heavy atom. The van der Waals surface area contributed by atoms with Crippen molar-refractivity contribution in [3.8, 4) is 0 Å². The second-order valence-electron chi connectivity index (χ2n) is 4.58. The number of likely N-dealkylation sites (N-methyl/N-ethyl adjacent to an activating group) is 1. The molecule has 1 heterocycles. The predicted molar refractivity (Wildman–Crippen MR) is 74.7 cm³/mol. The summed E-state index contributed by atoms with van der Waals surface area (Å²) in [5.41, 5.74) is 7.07. The van der Waals surface area contributed by atoms with E-state index in [4.69, 9.17) is 5.73 Å². The summed E-state index contributed by atoms with van der Waals surface area (Å²) in [6.45, 7) is 1.72. The molecule has 1 aliphatic rings. The fourth-order valence-corrected chi connectivity index (χ4v) is 2.17. The first-order chi connectivity index (χ1) is 7.20. The van der Waals surface area contributed by atoms with Crippen molar-refractivity contribution in [1.29, 1.82) is 0 Å². The minimum atomic E-state index is 0. The molecule has 1 atom stereocenters. The summed E-state index contributed by atoms with van der Waals surface area (Å²) in [5, 5.41) is 4.17. The third kappa shape index (κ3) is 4.47. The van der Waals surface area contributed by atoms with Crippen LogP contribution in [0.25, 0.3) is 0 Å². The molecule has 0 amide bonds. The zero-order valence-electron chi connectivity index (χ0n) is 10.4. The molecule has 6 heteroatoms. The van der Waals surface area contributed by atoms with Gasteiger partial charge in [0.25, 0.3) is 0 Å². The quantitative estimate of drug-likeness (QED) is 0.888. The van der Waals surface area contributed by atoms with E-state index >= 15 is 0 Å². The van der Waals surface area contributed by atoms with E-state index in [1.807, 2.05) is 17.9 Å². The Bertz CT molecular complexity index is 325. The summed E-state index contributed by atoms with van der Waals surface area (Å²) in [4.78, 5) is 2.36. The number of nitrogens with two attached hydrogens (primary N) is 1. The molecule has 1 aromatic rings. The van der Waals surface area contributed by atoms with E-state index in [2.05, 4.69) is 23.2 Å². The van der Waals surface area contributed by atoms with Crippen LogP contribution in [0.5, 0.6) is 0 Å². The van der Waals surface area contributed by atoms with Crippen LogP contribution in [0.1, 0.15) is 18.4 Å². The van der Waals surface area contributed by atoms with Gasteiger partial charge >= 0.3 is 0 Å². The molecule has 1 saturated carbocycles. The molecule has 1 aromatic heterocycles. The van der Waals surface area contributed by atoms with Crippen LogP contribution in [0.4, 0.5) is 0 Å². The maximum Gasteiger partial charge on any atom is 0.0534 e. The lowest BCUT2D eigenvalue weighted by Gasteiger charge is -2.26.